The second-order valence-electron chi connectivity index (χ2n) is 6.84. The van der Waals surface area contributed by atoms with E-state index in [9.17, 15) is 14.8 Å². The van der Waals surface area contributed by atoms with Crippen LogP contribution < -0.4 is 10.6 Å². The highest BCUT2D eigenvalue weighted by Gasteiger charge is 2.28. The van der Waals surface area contributed by atoms with Gasteiger partial charge in [0, 0.05) is 0 Å². The number of benzene rings is 2. The maximum Gasteiger partial charge on any atom is 0.475 e. The molecule has 4 N–H and O–H groups in total. The highest BCUT2D eigenvalue weighted by Crippen LogP contribution is 2.20. The van der Waals surface area contributed by atoms with E-state index >= 15 is 0 Å². The molecule has 0 aromatic heterocycles. The van der Waals surface area contributed by atoms with Crippen molar-refractivity contribution in [3.63, 3.8) is 0 Å². The van der Waals surface area contributed by atoms with Crippen LogP contribution >= 0.6 is 0 Å². The Bertz CT molecular complexity index is 701. The van der Waals surface area contributed by atoms with E-state index in [1.165, 1.54) is 0 Å². The maximum atomic E-state index is 12.6. The van der Waals surface area contributed by atoms with Crippen molar-refractivity contribution in [2.45, 2.75) is 38.7 Å². The van der Waals surface area contributed by atoms with E-state index in [0.29, 0.717) is 12.8 Å². The van der Waals surface area contributed by atoms with Crippen molar-refractivity contribution in [1.29, 1.82) is 0 Å². The first-order valence-corrected chi connectivity index (χ1v) is 8.72. The normalized spacial score (nSPS) is 13.7. The Labute approximate surface area is 149 Å². The molecule has 0 bridgehead atoms. The minimum Gasteiger partial charge on any atom is -0.426 e. The fraction of sp³-hybridized carbons (Fsp3) is 0.421. The topological polar surface area (TPSA) is 81.6 Å². The van der Waals surface area contributed by atoms with E-state index in [1.807, 2.05) is 56.3 Å². The first-order valence-electron chi connectivity index (χ1n) is 8.72. The van der Waals surface area contributed by atoms with Gasteiger partial charge < -0.3 is 20.7 Å². The monoisotopic (exact) mass is 342 g/mol. The third kappa shape index (κ3) is 5.29. The number of amides is 1. The summed E-state index contributed by atoms with van der Waals surface area (Å²) in [5.74, 6) is -0.650. The average Bonchev–Trinajstić information content (AvgIpc) is 2.58. The van der Waals surface area contributed by atoms with Crippen molar-refractivity contribution in [1.82, 2.24) is 10.6 Å². The standard InChI is InChI=1S/C19H27BN2O3/c1-13(2)11-18(20(24)25)22-19(23)17(21-3)12-15-9-6-8-14-7-4-5-10-16(14)15/h4-10,13,17-18,21,24-25H,11-12H2,1-3H3,(H,22,23). The summed E-state index contributed by atoms with van der Waals surface area (Å²) in [5, 5.41) is 27.1. The van der Waals surface area contributed by atoms with Gasteiger partial charge in [-0.1, -0.05) is 56.3 Å². The molecule has 134 valence electrons. The van der Waals surface area contributed by atoms with Crippen molar-refractivity contribution in [2.75, 3.05) is 7.05 Å². The van der Waals surface area contributed by atoms with E-state index in [1.54, 1.807) is 7.05 Å². The summed E-state index contributed by atoms with van der Waals surface area (Å²) in [7, 11) is 0.170. The number of hydrogen-bond acceptors (Lipinski definition) is 4. The number of likely N-dealkylation sites (N-methyl/N-ethyl adjacent to an activating group) is 1. The van der Waals surface area contributed by atoms with Gasteiger partial charge in [-0.05, 0) is 42.1 Å². The first-order chi connectivity index (χ1) is 11.9. The molecule has 2 aromatic carbocycles. The quantitative estimate of drug-likeness (QED) is 0.548. The molecule has 0 radical (unpaired) electrons. The van der Waals surface area contributed by atoms with Crippen LogP contribution in [0.3, 0.4) is 0 Å². The Morgan fingerprint density at radius 1 is 1.12 bits per heavy atom. The molecular formula is C19H27BN2O3. The molecule has 0 fully saturated rings. The lowest BCUT2D eigenvalue weighted by Crippen LogP contribution is -2.53. The van der Waals surface area contributed by atoms with Crippen LogP contribution in [0.4, 0.5) is 0 Å². The van der Waals surface area contributed by atoms with Crippen LogP contribution in [0.5, 0.6) is 0 Å². The minimum atomic E-state index is -1.57. The molecule has 2 atom stereocenters. The Kier molecular flexibility index (Phi) is 6.99. The molecule has 2 unspecified atom stereocenters. The Hall–Kier alpha value is -1.89. The van der Waals surface area contributed by atoms with Crippen LogP contribution in [0, 0.1) is 5.92 Å². The van der Waals surface area contributed by atoms with E-state index in [-0.39, 0.29) is 11.8 Å². The van der Waals surface area contributed by atoms with Crippen molar-refractivity contribution in [3.8, 4) is 0 Å². The number of carbonyl (C=O) groups excluding carboxylic acids is 1. The molecule has 1 amide bonds. The van der Waals surface area contributed by atoms with Gasteiger partial charge in [-0.2, -0.15) is 0 Å². The van der Waals surface area contributed by atoms with Crippen molar-refractivity contribution >= 4 is 23.8 Å². The van der Waals surface area contributed by atoms with E-state index in [2.05, 4.69) is 10.6 Å². The summed E-state index contributed by atoms with van der Waals surface area (Å²) >= 11 is 0. The average molecular weight is 342 g/mol. The Morgan fingerprint density at radius 2 is 1.80 bits per heavy atom. The molecule has 0 aliphatic rings. The second-order valence-corrected chi connectivity index (χ2v) is 6.84. The summed E-state index contributed by atoms with van der Waals surface area (Å²) in [4.78, 5) is 12.6. The van der Waals surface area contributed by atoms with Crippen LogP contribution in [0.1, 0.15) is 25.8 Å². The number of nitrogens with one attached hydrogen (secondary N) is 2. The van der Waals surface area contributed by atoms with Crippen LogP contribution in [-0.4, -0.2) is 42.1 Å². The van der Waals surface area contributed by atoms with E-state index in [0.717, 1.165) is 16.3 Å². The van der Waals surface area contributed by atoms with E-state index in [4.69, 9.17) is 0 Å². The lowest BCUT2D eigenvalue weighted by molar-refractivity contribution is -0.123. The van der Waals surface area contributed by atoms with Crippen molar-refractivity contribution in [3.05, 3.63) is 48.0 Å². The van der Waals surface area contributed by atoms with Crippen LogP contribution in [0.2, 0.25) is 0 Å². The van der Waals surface area contributed by atoms with Crippen LogP contribution in [-0.2, 0) is 11.2 Å². The van der Waals surface area contributed by atoms with E-state index < -0.39 is 19.1 Å². The summed E-state index contributed by atoms with van der Waals surface area (Å²) in [5.41, 5.74) is 1.08. The third-order valence-corrected chi connectivity index (χ3v) is 4.38. The fourth-order valence-electron chi connectivity index (χ4n) is 3.06. The number of hydrogen-bond donors (Lipinski definition) is 4. The lowest BCUT2D eigenvalue weighted by Gasteiger charge is -2.23. The molecule has 2 rings (SSSR count). The molecule has 25 heavy (non-hydrogen) atoms. The van der Waals surface area contributed by atoms with Gasteiger partial charge in [-0.25, -0.2) is 0 Å². The number of fused-ring (bicyclic) bond motifs is 1. The predicted molar refractivity (Wildman–Crippen MR) is 102 cm³/mol. The maximum absolute atomic E-state index is 12.6. The largest absolute Gasteiger partial charge is 0.475 e. The van der Waals surface area contributed by atoms with Gasteiger partial charge in [0.1, 0.15) is 0 Å². The Balaban J connectivity index is 2.14. The molecule has 0 spiro atoms. The highest BCUT2D eigenvalue weighted by atomic mass is 16.4. The summed E-state index contributed by atoms with van der Waals surface area (Å²) < 4.78 is 0. The molecule has 6 heteroatoms. The van der Waals surface area contributed by atoms with Gasteiger partial charge in [0.15, 0.2) is 0 Å². The van der Waals surface area contributed by atoms with Gasteiger partial charge in [0.05, 0.1) is 12.0 Å². The van der Waals surface area contributed by atoms with Gasteiger partial charge >= 0.3 is 7.12 Å². The zero-order valence-electron chi connectivity index (χ0n) is 15.1. The number of rotatable bonds is 8. The lowest BCUT2D eigenvalue weighted by atomic mass is 9.75. The van der Waals surface area contributed by atoms with Gasteiger partial charge in [0.25, 0.3) is 0 Å². The number of carbonyl (C=O) groups is 1. The van der Waals surface area contributed by atoms with Crippen molar-refractivity contribution < 1.29 is 14.8 Å². The predicted octanol–water partition coefficient (Wildman–Crippen LogP) is 1.51. The molecule has 2 aromatic rings. The summed E-state index contributed by atoms with van der Waals surface area (Å²) in [6, 6.07) is 13.7. The second kappa shape index (κ2) is 8.99. The van der Waals surface area contributed by atoms with Crippen molar-refractivity contribution in [2.24, 2.45) is 5.92 Å². The molecule has 5 nitrogen and oxygen atoms in total. The Morgan fingerprint density at radius 3 is 2.44 bits per heavy atom. The fourth-order valence-corrected chi connectivity index (χ4v) is 3.06. The molecule has 0 saturated heterocycles. The summed E-state index contributed by atoms with van der Waals surface area (Å²) in [6.45, 7) is 3.96. The highest BCUT2D eigenvalue weighted by molar-refractivity contribution is 6.43. The van der Waals surface area contributed by atoms with Crippen LogP contribution in [0.25, 0.3) is 10.8 Å². The third-order valence-electron chi connectivity index (χ3n) is 4.38. The first kappa shape index (κ1) is 19.4. The minimum absolute atomic E-state index is 0.228. The van der Waals surface area contributed by atoms with Crippen LogP contribution in [0.15, 0.2) is 42.5 Å². The molecule has 0 aliphatic heterocycles. The molecule has 0 aliphatic carbocycles. The molecular weight excluding hydrogens is 315 g/mol. The zero-order chi connectivity index (χ0) is 18.4. The zero-order valence-corrected chi connectivity index (χ0v) is 15.1. The van der Waals surface area contributed by atoms with Gasteiger partial charge in [-0.15, -0.1) is 0 Å². The molecule has 0 heterocycles. The van der Waals surface area contributed by atoms with Gasteiger partial charge in [-0.3, -0.25) is 4.79 Å². The smallest absolute Gasteiger partial charge is 0.426 e. The van der Waals surface area contributed by atoms with Gasteiger partial charge in [0.2, 0.25) is 5.91 Å². The SMILES string of the molecule is CNC(Cc1cccc2ccccc12)C(=O)NC(CC(C)C)B(O)O. The molecule has 0 saturated carbocycles. The summed E-state index contributed by atoms with van der Waals surface area (Å²) in [6.07, 6.45) is 1.04.